The lowest BCUT2D eigenvalue weighted by Crippen LogP contribution is -2.11. The van der Waals surface area contributed by atoms with Crippen LogP contribution in [0.25, 0.3) is 0 Å². The molecule has 1 aromatic rings. The molecule has 0 fully saturated rings. The van der Waals surface area contributed by atoms with Crippen LogP contribution in [0.2, 0.25) is 10.0 Å². The average Bonchev–Trinajstić information content (AvgIpc) is 2.18. The summed E-state index contributed by atoms with van der Waals surface area (Å²) in [4.78, 5) is 11.5. The molecule has 0 amide bonds. The number of sulfone groups is 1. The van der Waals surface area contributed by atoms with Crippen LogP contribution in [-0.2, 0) is 21.1 Å². The molecule has 17 heavy (non-hydrogen) atoms. The number of carbonyl (C=O) groups is 1. The third-order valence-corrected chi connectivity index (χ3v) is 3.69. The van der Waals surface area contributed by atoms with Crippen molar-refractivity contribution in [3.63, 3.8) is 0 Å². The van der Waals surface area contributed by atoms with Gasteiger partial charge in [0.05, 0.1) is 5.75 Å². The first-order valence-corrected chi connectivity index (χ1v) is 7.73. The minimum Gasteiger partial charge on any atom is -0.299 e. The molecule has 0 aliphatic heterocycles. The molecule has 0 aliphatic rings. The first-order chi connectivity index (χ1) is 7.78. The van der Waals surface area contributed by atoms with Gasteiger partial charge in [0.1, 0.15) is 15.6 Å². The van der Waals surface area contributed by atoms with Crippen molar-refractivity contribution in [1.29, 1.82) is 0 Å². The predicted octanol–water partition coefficient (Wildman–Crippen LogP) is 2.54. The molecule has 0 N–H and O–H groups in total. The van der Waals surface area contributed by atoms with E-state index in [2.05, 4.69) is 0 Å². The van der Waals surface area contributed by atoms with Gasteiger partial charge in [-0.1, -0.05) is 29.3 Å². The van der Waals surface area contributed by atoms with Gasteiger partial charge in [0, 0.05) is 29.1 Å². The molecular formula is C11H12Cl2O3S. The Hall–Kier alpha value is -0.580. The smallest absolute Gasteiger partial charge is 0.147 e. The van der Waals surface area contributed by atoms with E-state index in [9.17, 15) is 13.2 Å². The highest BCUT2D eigenvalue weighted by Crippen LogP contribution is 2.21. The summed E-state index contributed by atoms with van der Waals surface area (Å²) in [5, 5.41) is 0.924. The van der Waals surface area contributed by atoms with E-state index in [1.165, 1.54) is 0 Å². The highest BCUT2D eigenvalue weighted by Gasteiger charge is 2.11. The Bertz CT molecular complexity index is 524. The lowest BCUT2D eigenvalue weighted by atomic mass is 10.1. The molecule has 0 saturated carbocycles. The summed E-state index contributed by atoms with van der Waals surface area (Å²) in [6, 6.07) is 4.87. The number of hydrogen-bond acceptors (Lipinski definition) is 3. The van der Waals surface area contributed by atoms with Crippen molar-refractivity contribution < 1.29 is 13.2 Å². The predicted molar refractivity (Wildman–Crippen MR) is 69.5 cm³/mol. The zero-order valence-electron chi connectivity index (χ0n) is 9.24. The lowest BCUT2D eigenvalue weighted by molar-refractivity contribution is -0.118. The zero-order chi connectivity index (χ0) is 13.1. The number of halogens is 2. The molecule has 0 aromatic heterocycles. The minimum absolute atomic E-state index is 0.0117. The van der Waals surface area contributed by atoms with Gasteiger partial charge in [-0.3, -0.25) is 4.79 Å². The Morgan fingerprint density at radius 1 is 1.29 bits per heavy atom. The van der Waals surface area contributed by atoms with Crippen molar-refractivity contribution >= 4 is 38.8 Å². The first kappa shape index (κ1) is 14.5. The van der Waals surface area contributed by atoms with Crippen LogP contribution in [-0.4, -0.2) is 26.2 Å². The quantitative estimate of drug-likeness (QED) is 0.838. The highest BCUT2D eigenvalue weighted by atomic mass is 35.5. The Labute approximate surface area is 111 Å². The zero-order valence-corrected chi connectivity index (χ0v) is 11.6. The molecule has 0 unspecified atom stereocenters. The Morgan fingerprint density at radius 3 is 2.47 bits per heavy atom. The minimum atomic E-state index is -3.10. The summed E-state index contributed by atoms with van der Waals surface area (Å²) in [6.45, 7) is 0. The Kier molecular flexibility index (Phi) is 4.98. The lowest BCUT2D eigenvalue weighted by Gasteiger charge is -2.04. The first-order valence-electron chi connectivity index (χ1n) is 4.91. The molecule has 0 spiro atoms. The molecule has 0 heterocycles. The van der Waals surface area contributed by atoms with Crippen molar-refractivity contribution in [3.8, 4) is 0 Å². The van der Waals surface area contributed by atoms with Gasteiger partial charge in [0.25, 0.3) is 0 Å². The summed E-state index contributed by atoms with van der Waals surface area (Å²) in [6.07, 6.45) is 1.25. The standard InChI is InChI=1S/C11H12Cl2O3S/c1-17(15,16)5-4-10(14)6-8-2-3-9(12)7-11(8)13/h2-3,7H,4-6H2,1H3. The van der Waals surface area contributed by atoms with Gasteiger partial charge in [0.2, 0.25) is 0 Å². The molecule has 0 bridgehead atoms. The van der Waals surface area contributed by atoms with E-state index in [4.69, 9.17) is 23.2 Å². The molecule has 1 aromatic carbocycles. The molecule has 0 saturated heterocycles. The van der Waals surface area contributed by atoms with Crippen LogP contribution < -0.4 is 0 Å². The van der Waals surface area contributed by atoms with E-state index < -0.39 is 9.84 Å². The van der Waals surface area contributed by atoms with Crippen molar-refractivity contribution in [3.05, 3.63) is 33.8 Å². The summed E-state index contributed by atoms with van der Waals surface area (Å²) >= 11 is 11.6. The summed E-state index contributed by atoms with van der Waals surface area (Å²) in [5.74, 6) is -0.281. The molecule has 0 aliphatic carbocycles. The number of benzene rings is 1. The molecule has 0 radical (unpaired) electrons. The molecule has 6 heteroatoms. The normalized spacial score (nSPS) is 11.5. The summed E-state index contributed by atoms with van der Waals surface area (Å²) < 4.78 is 21.8. The molecule has 94 valence electrons. The second kappa shape index (κ2) is 5.85. The van der Waals surface area contributed by atoms with E-state index in [1.54, 1.807) is 18.2 Å². The van der Waals surface area contributed by atoms with Gasteiger partial charge >= 0.3 is 0 Å². The van der Waals surface area contributed by atoms with Crippen LogP contribution in [0.3, 0.4) is 0 Å². The molecule has 3 nitrogen and oxygen atoms in total. The van der Waals surface area contributed by atoms with Gasteiger partial charge in [-0.05, 0) is 17.7 Å². The fraction of sp³-hybridized carbons (Fsp3) is 0.364. The second-order valence-electron chi connectivity index (χ2n) is 3.83. The maximum absolute atomic E-state index is 11.5. The van der Waals surface area contributed by atoms with Crippen LogP contribution in [0.1, 0.15) is 12.0 Å². The van der Waals surface area contributed by atoms with Crippen LogP contribution in [0, 0.1) is 0 Å². The average molecular weight is 295 g/mol. The van der Waals surface area contributed by atoms with E-state index in [-0.39, 0.29) is 24.4 Å². The van der Waals surface area contributed by atoms with Crippen molar-refractivity contribution in [2.24, 2.45) is 0 Å². The van der Waals surface area contributed by atoms with E-state index in [0.29, 0.717) is 15.6 Å². The second-order valence-corrected chi connectivity index (χ2v) is 6.93. The topological polar surface area (TPSA) is 51.2 Å². The maximum atomic E-state index is 11.5. The van der Waals surface area contributed by atoms with Crippen molar-refractivity contribution in [2.75, 3.05) is 12.0 Å². The van der Waals surface area contributed by atoms with Crippen LogP contribution in [0.5, 0.6) is 0 Å². The van der Waals surface area contributed by atoms with Crippen molar-refractivity contribution in [1.82, 2.24) is 0 Å². The van der Waals surface area contributed by atoms with E-state index in [1.807, 2.05) is 0 Å². The van der Waals surface area contributed by atoms with Crippen LogP contribution >= 0.6 is 23.2 Å². The largest absolute Gasteiger partial charge is 0.299 e. The Morgan fingerprint density at radius 2 is 1.94 bits per heavy atom. The highest BCUT2D eigenvalue weighted by molar-refractivity contribution is 7.90. The monoisotopic (exact) mass is 294 g/mol. The molecular weight excluding hydrogens is 283 g/mol. The number of carbonyl (C=O) groups excluding carboxylic acids is 1. The summed E-state index contributed by atoms with van der Waals surface area (Å²) in [5.41, 5.74) is 0.662. The van der Waals surface area contributed by atoms with Gasteiger partial charge in [-0.15, -0.1) is 0 Å². The van der Waals surface area contributed by atoms with E-state index >= 15 is 0 Å². The fourth-order valence-electron chi connectivity index (χ4n) is 1.27. The third kappa shape index (κ3) is 5.52. The number of Topliss-reactive ketones (excluding diaryl/α,β-unsaturated/α-hetero) is 1. The maximum Gasteiger partial charge on any atom is 0.147 e. The number of ketones is 1. The van der Waals surface area contributed by atoms with Crippen molar-refractivity contribution in [2.45, 2.75) is 12.8 Å². The SMILES string of the molecule is CS(=O)(=O)CCC(=O)Cc1ccc(Cl)cc1Cl. The number of rotatable bonds is 5. The van der Waals surface area contributed by atoms with Crippen LogP contribution in [0.15, 0.2) is 18.2 Å². The number of hydrogen-bond donors (Lipinski definition) is 0. The fourth-order valence-corrected chi connectivity index (χ4v) is 2.34. The van der Waals surface area contributed by atoms with Gasteiger partial charge in [0.15, 0.2) is 0 Å². The summed E-state index contributed by atoms with van der Waals surface area (Å²) in [7, 11) is -3.10. The third-order valence-electron chi connectivity index (χ3n) is 2.15. The van der Waals surface area contributed by atoms with Crippen LogP contribution in [0.4, 0.5) is 0 Å². The van der Waals surface area contributed by atoms with Gasteiger partial charge in [-0.25, -0.2) is 8.42 Å². The molecule has 1 rings (SSSR count). The Balaban J connectivity index is 2.62. The van der Waals surface area contributed by atoms with Gasteiger partial charge < -0.3 is 0 Å². The molecule has 0 atom stereocenters. The van der Waals surface area contributed by atoms with Gasteiger partial charge in [-0.2, -0.15) is 0 Å². The van der Waals surface area contributed by atoms with E-state index in [0.717, 1.165) is 6.26 Å².